The molecule has 0 rings (SSSR count). The predicted octanol–water partition coefficient (Wildman–Crippen LogP) is -0.275. The largest absolute Gasteiger partial charge is 0.478 e. The second-order valence-electron chi connectivity index (χ2n) is 2.47. The van der Waals surface area contributed by atoms with Gasteiger partial charge in [0.25, 0.3) is 0 Å². The zero-order valence-corrected chi connectivity index (χ0v) is 6.61. The van der Waals surface area contributed by atoms with Gasteiger partial charge in [-0.05, 0) is 13.8 Å². The van der Waals surface area contributed by atoms with Crippen molar-refractivity contribution >= 4 is 5.97 Å². The number of carboxylic acids is 1. The van der Waals surface area contributed by atoms with E-state index in [-0.39, 0.29) is 5.57 Å². The van der Waals surface area contributed by atoms with Gasteiger partial charge in [0.15, 0.2) is 0 Å². The third-order valence-corrected chi connectivity index (χ3v) is 1.34. The van der Waals surface area contributed by atoms with Gasteiger partial charge in [0.1, 0.15) is 0 Å². The fourth-order valence-electron chi connectivity index (χ4n) is 0.499. The van der Waals surface area contributed by atoms with E-state index >= 15 is 0 Å². The first kappa shape index (κ1) is 10.1. The molecule has 2 unspecified atom stereocenters. The maximum Gasteiger partial charge on any atom is 0.331 e. The molecule has 0 aliphatic heterocycles. The lowest BCUT2D eigenvalue weighted by Crippen LogP contribution is -2.30. The summed E-state index contributed by atoms with van der Waals surface area (Å²) in [5.41, 5.74) is 5.52. The monoisotopic (exact) mass is 159 g/mol. The molecule has 0 amide bonds. The Kier molecular flexibility index (Phi) is 3.78. The van der Waals surface area contributed by atoms with Gasteiger partial charge in [0.05, 0.1) is 6.10 Å². The van der Waals surface area contributed by atoms with Crippen LogP contribution in [-0.2, 0) is 4.79 Å². The Labute approximate surface area is 65.3 Å². The number of nitrogens with two attached hydrogens (primary N) is 1. The smallest absolute Gasteiger partial charge is 0.331 e. The minimum absolute atomic E-state index is 0.151. The number of carbonyl (C=O) groups is 1. The van der Waals surface area contributed by atoms with Crippen molar-refractivity contribution in [1.82, 2.24) is 0 Å². The lowest BCUT2D eigenvalue weighted by molar-refractivity contribution is -0.132. The maximum atomic E-state index is 10.3. The van der Waals surface area contributed by atoms with Gasteiger partial charge in [-0.1, -0.05) is 6.08 Å². The van der Waals surface area contributed by atoms with E-state index in [2.05, 4.69) is 0 Å². The standard InChI is InChI=1S/C7H13NO3/c1-4(7(10)11)3-6(8)5(2)9/h3,5-6,9H,8H2,1-2H3,(H,10,11). The fourth-order valence-corrected chi connectivity index (χ4v) is 0.499. The Morgan fingerprint density at radius 1 is 1.64 bits per heavy atom. The average Bonchev–Trinajstić information content (AvgIpc) is 1.87. The Morgan fingerprint density at radius 2 is 2.09 bits per heavy atom. The Morgan fingerprint density at radius 3 is 2.36 bits per heavy atom. The van der Waals surface area contributed by atoms with Crippen LogP contribution in [0.3, 0.4) is 0 Å². The van der Waals surface area contributed by atoms with Crippen molar-refractivity contribution in [3.63, 3.8) is 0 Å². The van der Waals surface area contributed by atoms with Crippen molar-refractivity contribution in [3.05, 3.63) is 11.6 Å². The van der Waals surface area contributed by atoms with Gasteiger partial charge in [-0.2, -0.15) is 0 Å². The summed E-state index contributed by atoms with van der Waals surface area (Å²) in [5.74, 6) is -1.01. The highest BCUT2D eigenvalue weighted by Gasteiger charge is 2.08. The predicted molar refractivity (Wildman–Crippen MR) is 41.0 cm³/mol. The fraction of sp³-hybridized carbons (Fsp3) is 0.571. The van der Waals surface area contributed by atoms with Crippen LogP contribution in [0.5, 0.6) is 0 Å². The lowest BCUT2D eigenvalue weighted by Gasteiger charge is -2.09. The minimum atomic E-state index is -1.01. The zero-order valence-electron chi connectivity index (χ0n) is 6.61. The first-order valence-electron chi connectivity index (χ1n) is 3.30. The molecule has 4 N–H and O–H groups in total. The van der Waals surface area contributed by atoms with E-state index in [0.29, 0.717) is 0 Å². The topological polar surface area (TPSA) is 83.5 Å². The van der Waals surface area contributed by atoms with Crippen LogP contribution in [0.25, 0.3) is 0 Å². The Bertz CT molecular complexity index is 175. The van der Waals surface area contributed by atoms with E-state index in [1.54, 1.807) is 0 Å². The summed E-state index contributed by atoms with van der Waals surface area (Å²) in [6.07, 6.45) is 0.608. The van der Waals surface area contributed by atoms with Gasteiger partial charge in [0, 0.05) is 11.6 Å². The molecule has 64 valence electrons. The molecule has 0 saturated carbocycles. The summed E-state index contributed by atoms with van der Waals surface area (Å²) in [7, 11) is 0. The highest BCUT2D eigenvalue weighted by molar-refractivity contribution is 5.85. The first-order valence-corrected chi connectivity index (χ1v) is 3.30. The van der Waals surface area contributed by atoms with E-state index in [0.717, 1.165) is 0 Å². The molecule has 4 heteroatoms. The molecule has 0 aliphatic rings. The lowest BCUT2D eigenvalue weighted by atomic mass is 10.1. The Hall–Kier alpha value is -0.870. The van der Waals surface area contributed by atoms with Gasteiger partial charge in [-0.15, -0.1) is 0 Å². The molecular formula is C7H13NO3. The number of aliphatic hydroxyl groups excluding tert-OH is 1. The number of hydrogen-bond acceptors (Lipinski definition) is 3. The Balaban J connectivity index is 4.19. The van der Waals surface area contributed by atoms with Crippen LogP contribution in [0.15, 0.2) is 11.6 Å². The van der Waals surface area contributed by atoms with E-state index in [1.807, 2.05) is 0 Å². The third kappa shape index (κ3) is 3.75. The molecule has 0 aromatic rings. The second-order valence-corrected chi connectivity index (χ2v) is 2.47. The molecule has 0 spiro atoms. The summed E-state index contributed by atoms with van der Waals surface area (Å²) < 4.78 is 0. The van der Waals surface area contributed by atoms with E-state index in [4.69, 9.17) is 15.9 Å². The van der Waals surface area contributed by atoms with Crippen LogP contribution >= 0.6 is 0 Å². The van der Waals surface area contributed by atoms with Crippen LogP contribution in [-0.4, -0.2) is 28.3 Å². The number of hydrogen-bond donors (Lipinski definition) is 3. The number of carboxylic acid groups (broad SMARTS) is 1. The van der Waals surface area contributed by atoms with Gasteiger partial charge in [-0.3, -0.25) is 0 Å². The van der Waals surface area contributed by atoms with Crippen LogP contribution in [0.4, 0.5) is 0 Å². The molecule has 0 aromatic carbocycles. The molecule has 11 heavy (non-hydrogen) atoms. The van der Waals surface area contributed by atoms with Crippen molar-refractivity contribution in [2.24, 2.45) is 5.73 Å². The highest BCUT2D eigenvalue weighted by atomic mass is 16.4. The highest BCUT2D eigenvalue weighted by Crippen LogP contribution is 1.97. The summed E-state index contributed by atoms with van der Waals surface area (Å²) in [5, 5.41) is 17.3. The molecule has 0 radical (unpaired) electrons. The molecule has 0 aromatic heterocycles. The summed E-state index contributed by atoms with van der Waals surface area (Å²) >= 11 is 0. The molecule has 0 bridgehead atoms. The second kappa shape index (κ2) is 4.10. The molecule has 0 heterocycles. The van der Waals surface area contributed by atoms with E-state index in [9.17, 15) is 4.79 Å². The van der Waals surface area contributed by atoms with Crippen molar-refractivity contribution in [2.45, 2.75) is 26.0 Å². The van der Waals surface area contributed by atoms with Crippen molar-refractivity contribution in [3.8, 4) is 0 Å². The molecule has 0 aliphatic carbocycles. The molecular weight excluding hydrogens is 146 g/mol. The van der Waals surface area contributed by atoms with Gasteiger partial charge >= 0.3 is 5.97 Å². The van der Waals surface area contributed by atoms with E-state index in [1.165, 1.54) is 19.9 Å². The zero-order chi connectivity index (χ0) is 9.02. The van der Waals surface area contributed by atoms with Gasteiger partial charge in [-0.25, -0.2) is 4.79 Å². The van der Waals surface area contributed by atoms with E-state index < -0.39 is 18.1 Å². The number of rotatable bonds is 3. The summed E-state index contributed by atoms with van der Waals surface area (Å²) in [6, 6.07) is -0.605. The van der Waals surface area contributed by atoms with Crippen LogP contribution in [0, 0.1) is 0 Å². The summed E-state index contributed by atoms with van der Waals surface area (Å²) in [6.45, 7) is 2.95. The number of aliphatic hydroxyl groups is 1. The maximum absolute atomic E-state index is 10.3. The first-order chi connectivity index (χ1) is 4.95. The minimum Gasteiger partial charge on any atom is -0.478 e. The van der Waals surface area contributed by atoms with Crippen LogP contribution in [0.2, 0.25) is 0 Å². The molecule has 0 saturated heterocycles. The van der Waals surface area contributed by atoms with Crippen LogP contribution < -0.4 is 5.73 Å². The normalized spacial score (nSPS) is 17.6. The molecule has 2 atom stereocenters. The van der Waals surface area contributed by atoms with Crippen molar-refractivity contribution < 1.29 is 15.0 Å². The third-order valence-electron chi connectivity index (χ3n) is 1.34. The molecule has 0 fully saturated rings. The van der Waals surface area contributed by atoms with Crippen molar-refractivity contribution in [2.75, 3.05) is 0 Å². The molecule has 4 nitrogen and oxygen atoms in total. The average molecular weight is 159 g/mol. The van der Waals surface area contributed by atoms with Gasteiger partial charge in [0.2, 0.25) is 0 Å². The SMILES string of the molecule is CC(=CC(N)C(C)O)C(=O)O. The van der Waals surface area contributed by atoms with Crippen LogP contribution in [0.1, 0.15) is 13.8 Å². The number of aliphatic carboxylic acids is 1. The van der Waals surface area contributed by atoms with Crippen molar-refractivity contribution in [1.29, 1.82) is 0 Å². The summed E-state index contributed by atoms with van der Waals surface area (Å²) in [4.78, 5) is 10.3. The quantitative estimate of drug-likeness (QED) is 0.495. The van der Waals surface area contributed by atoms with Gasteiger partial charge < -0.3 is 15.9 Å².